The molecule has 1 fully saturated rings. The first-order valence-electron chi connectivity index (χ1n) is 8.01. The lowest BCUT2D eigenvalue weighted by Gasteiger charge is -2.41. The fourth-order valence-corrected chi connectivity index (χ4v) is 4.04. The summed E-state index contributed by atoms with van der Waals surface area (Å²) in [5.41, 5.74) is 11.7. The second-order valence-corrected chi connectivity index (χ2v) is 8.71. The Hall–Kier alpha value is -1.42. The lowest BCUT2D eigenvalue weighted by molar-refractivity contribution is -0.913. The molecule has 144 valence electrons. The Morgan fingerprint density at radius 3 is 2.44 bits per heavy atom. The van der Waals surface area contributed by atoms with Gasteiger partial charge in [0.25, 0.3) is 0 Å². The predicted molar refractivity (Wildman–Crippen MR) is 97.2 cm³/mol. The molecule has 6 N–H and O–H groups in total. The monoisotopic (exact) mass is 393 g/mol. The smallest absolute Gasteiger partial charge is 0.233 e. The second kappa shape index (κ2) is 8.31. The van der Waals surface area contributed by atoms with E-state index in [2.05, 4.69) is 23.7 Å². The number of likely N-dealkylation sites (N-methyl/N-ethyl adjacent to an activating group) is 2. The third kappa shape index (κ3) is 6.10. The average Bonchev–Trinajstić information content (AvgIpc) is 2.46. The average molecular weight is 394 g/mol. The molecule has 0 spiro atoms. The molecule has 1 aliphatic heterocycles. The highest BCUT2D eigenvalue weighted by molar-refractivity contribution is 7.92. The lowest BCUT2D eigenvalue weighted by atomic mass is 10.2. The molecule has 1 heterocycles. The van der Waals surface area contributed by atoms with Crippen LogP contribution in [0, 0.1) is 0 Å². The van der Waals surface area contributed by atoms with Crippen LogP contribution in [0.3, 0.4) is 0 Å². The van der Waals surface area contributed by atoms with Gasteiger partial charge in [-0.1, -0.05) is 0 Å². The van der Waals surface area contributed by atoms with Crippen molar-refractivity contribution in [1.29, 1.82) is 0 Å². The number of nitrogens with one attached hydrogen (secondary N) is 1. The number of nitrogens with two attached hydrogens (primary N) is 2. The fraction of sp³-hybridized carbons (Fsp3) is 0.600. The SMILES string of the molecule is CN1CC[N+](C)(CCCS(=O)(=O)Nc2c(N)cc(N)cc2O)CC1.[Cl-]. The Morgan fingerprint density at radius 1 is 1.28 bits per heavy atom. The van der Waals surface area contributed by atoms with E-state index >= 15 is 0 Å². The number of quaternary nitrogens is 1. The van der Waals surface area contributed by atoms with Crippen molar-refractivity contribution in [3.63, 3.8) is 0 Å². The molecule has 1 aromatic carbocycles. The van der Waals surface area contributed by atoms with Crippen molar-refractivity contribution < 1.29 is 30.4 Å². The molecule has 0 atom stereocenters. The first-order valence-corrected chi connectivity index (χ1v) is 9.66. The molecule has 8 nitrogen and oxygen atoms in total. The summed E-state index contributed by atoms with van der Waals surface area (Å²) in [6.07, 6.45) is 0.547. The van der Waals surface area contributed by atoms with Crippen molar-refractivity contribution in [2.24, 2.45) is 0 Å². The van der Waals surface area contributed by atoms with Gasteiger partial charge in [0.15, 0.2) is 0 Å². The van der Waals surface area contributed by atoms with Gasteiger partial charge in [0.2, 0.25) is 10.0 Å². The number of sulfonamides is 1. The second-order valence-electron chi connectivity index (χ2n) is 6.87. The minimum absolute atomic E-state index is 0. The Morgan fingerprint density at radius 2 is 1.88 bits per heavy atom. The van der Waals surface area contributed by atoms with E-state index in [-0.39, 0.29) is 41.0 Å². The first kappa shape index (κ1) is 21.6. The van der Waals surface area contributed by atoms with Gasteiger partial charge in [0, 0.05) is 31.3 Å². The Kier molecular flexibility index (Phi) is 7.18. The van der Waals surface area contributed by atoms with Crippen molar-refractivity contribution in [1.82, 2.24) is 4.90 Å². The molecule has 0 saturated carbocycles. The van der Waals surface area contributed by atoms with Gasteiger partial charge >= 0.3 is 0 Å². The molecule has 0 aliphatic carbocycles. The number of hydrogen-bond donors (Lipinski definition) is 4. The molecule has 1 aliphatic rings. The van der Waals surface area contributed by atoms with Crippen LogP contribution in [0.4, 0.5) is 17.1 Å². The standard InChI is InChI=1S/C15H27N5O3S.ClH/c1-19-4-7-20(2,8-5-19)6-3-9-24(22,23)18-15-13(17)10-12(16)11-14(15)21;/h10-11,18H,3-9,16-17H2,1-2H3;1H. The minimum atomic E-state index is -3.58. The fourth-order valence-electron chi connectivity index (χ4n) is 2.90. The number of halogens is 1. The lowest BCUT2D eigenvalue weighted by Crippen LogP contribution is -3.00. The van der Waals surface area contributed by atoms with Crippen LogP contribution >= 0.6 is 0 Å². The number of benzene rings is 1. The van der Waals surface area contributed by atoms with Crippen molar-refractivity contribution in [3.8, 4) is 5.75 Å². The van der Waals surface area contributed by atoms with Crippen LogP contribution in [0.2, 0.25) is 0 Å². The first-order chi connectivity index (χ1) is 11.1. The van der Waals surface area contributed by atoms with Crippen LogP contribution in [0.1, 0.15) is 6.42 Å². The number of rotatable bonds is 6. The number of nitrogens with zero attached hydrogens (tertiary/aromatic N) is 2. The summed E-state index contributed by atoms with van der Waals surface area (Å²) >= 11 is 0. The van der Waals surface area contributed by atoms with E-state index in [0.717, 1.165) is 37.2 Å². The highest BCUT2D eigenvalue weighted by Crippen LogP contribution is 2.33. The molecule has 0 unspecified atom stereocenters. The summed E-state index contributed by atoms with van der Waals surface area (Å²) in [7, 11) is 0.680. The number of piperazine rings is 1. The van der Waals surface area contributed by atoms with Gasteiger partial charge < -0.3 is 33.5 Å². The molecular formula is C15H28ClN5O3S. The Bertz CT molecular complexity index is 667. The van der Waals surface area contributed by atoms with Gasteiger partial charge in [-0.05, 0) is 13.1 Å². The van der Waals surface area contributed by atoms with E-state index < -0.39 is 10.0 Å². The van der Waals surface area contributed by atoms with Gasteiger partial charge in [-0.15, -0.1) is 0 Å². The highest BCUT2D eigenvalue weighted by atomic mass is 35.5. The van der Waals surface area contributed by atoms with Crippen LogP contribution in [0.15, 0.2) is 12.1 Å². The molecule has 0 bridgehead atoms. The number of phenols is 1. The maximum Gasteiger partial charge on any atom is 0.233 e. The topological polar surface area (TPSA) is 122 Å². The van der Waals surface area contributed by atoms with E-state index in [1.165, 1.54) is 12.1 Å². The molecule has 1 aromatic rings. The molecular weight excluding hydrogens is 366 g/mol. The summed E-state index contributed by atoms with van der Waals surface area (Å²) < 4.78 is 27.8. The third-order valence-electron chi connectivity index (χ3n) is 4.58. The quantitative estimate of drug-likeness (QED) is 0.233. The summed E-state index contributed by atoms with van der Waals surface area (Å²) in [5, 5.41) is 9.84. The molecule has 25 heavy (non-hydrogen) atoms. The van der Waals surface area contributed by atoms with Gasteiger partial charge in [0.1, 0.15) is 11.4 Å². The normalized spacial score (nSPS) is 17.7. The van der Waals surface area contributed by atoms with Crippen molar-refractivity contribution in [3.05, 3.63) is 12.1 Å². The van der Waals surface area contributed by atoms with Gasteiger partial charge in [-0.2, -0.15) is 0 Å². The zero-order valence-electron chi connectivity index (χ0n) is 14.7. The maximum atomic E-state index is 12.3. The molecule has 0 aromatic heterocycles. The number of phenolic OH excluding ortho intramolecular Hbond substituents is 1. The van der Waals surface area contributed by atoms with Crippen LogP contribution in [0.5, 0.6) is 5.75 Å². The highest BCUT2D eigenvalue weighted by Gasteiger charge is 2.27. The number of hydrogen-bond acceptors (Lipinski definition) is 6. The number of anilines is 3. The van der Waals surface area contributed by atoms with E-state index in [1.807, 2.05) is 0 Å². The van der Waals surface area contributed by atoms with E-state index in [4.69, 9.17) is 11.5 Å². The molecule has 1 saturated heterocycles. The van der Waals surface area contributed by atoms with Crippen LogP contribution in [-0.2, 0) is 10.0 Å². The van der Waals surface area contributed by atoms with Gasteiger partial charge in [-0.25, -0.2) is 8.42 Å². The van der Waals surface area contributed by atoms with Gasteiger partial charge in [0.05, 0.1) is 38.1 Å². The Balaban J connectivity index is 0.00000312. The molecule has 2 rings (SSSR count). The maximum absolute atomic E-state index is 12.3. The largest absolute Gasteiger partial charge is 1.00 e. The Labute approximate surface area is 155 Å². The zero-order chi connectivity index (χ0) is 18.0. The van der Waals surface area contributed by atoms with Crippen molar-refractivity contribution in [2.45, 2.75) is 6.42 Å². The van der Waals surface area contributed by atoms with Crippen LogP contribution < -0.4 is 28.6 Å². The molecule has 0 radical (unpaired) electrons. The summed E-state index contributed by atoms with van der Waals surface area (Å²) in [5.74, 6) is -0.283. The van der Waals surface area contributed by atoms with E-state index in [1.54, 1.807) is 0 Å². The van der Waals surface area contributed by atoms with Crippen LogP contribution in [-0.4, -0.2) is 75.5 Å². The van der Waals surface area contributed by atoms with Gasteiger partial charge in [-0.3, -0.25) is 9.62 Å². The predicted octanol–water partition coefficient (Wildman–Crippen LogP) is -2.92. The van der Waals surface area contributed by atoms with Crippen molar-refractivity contribution >= 4 is 27.1 Å². The van der Waals surface area contributed by atoms with E-state index in [9.17, 15) is 13.5 Å². The third-order valence-corrected chi connectivity index (χ3v) is 5.92. The molecule has 10 heteroatoms. The summed E-state index contributed by atoms with van der Waals surface area (Å²) in [4.78, 5) is 2.28. The van der Waals surface area contributed by atoms with Crippen LogP contribution in [0.25, 0.3) is 0 Å². The summed E-state index contributed by atoms with van der Waals surface area (Å²) in [6, 6.07) is 2.68. The van der Waals surface area contributed by atoms with E-state index in [0.29, 0.717) is 6.42 Å². The number of nitrogen functional groups attached to an aromatic ring is 2. The van der Waals surface area contributed by atoms with Crippen molar-refractivity contribution in [2.75, 3.05) is 68.8 Å². The number of aromatic hydroxyl groups is 1. The molecule has 0 amide bonds. The minimum Gasteiger partial charge on any atom is -1.00 e. The summed E-state index contributed by atoms with van der Waals surface area (Å²) in [6.45, 7) is 4.90. The zero-order valence-corrected chi connectivity index (χ0v) is 16.3.